The first-order valence-electron chi connectivity index (χ1n) is 7.17. The maximum absolute atomic E-state index is 13.6. The van der Waals surface area contributed by atoms with Crippen molar-refractivity contribution in [2.45, 2.75) is 39.8 Å². The van der Waals surface area contributed by atoms with E-state index in [9.17, 15) is 8.78 Å². The van der Waals surface area contributed by atoms with E-state index < -0.39 is 11.6 Å². The molecule has 0 amide bonds. The molecular weight excluding hydrogens is 272 g/mol. The Kier molecular flexibility index (Phi) is 5.07. The number of hydrogen-bond donors (Lipinski definition) is 1. The maximum atomic E-state index is 13.6. The smallest absolute Gasteiger partial charge is 0.130 e. The van der Waals surface area contributed by atoms with E-state index in [1.807, 2.05) is 31.5 Å². The molecule has 0 saturated heterocycles. The van der Waals surface area contributed by atoms with Crippen molar-refractivity contribution in [2.75, 3.05) is 6.54 Å². The van der Waals surface area contributed by atoms with Crippen molar-refractivity contribution < 1.29 is 8.78 Å². The molecule has 0 aliphatic carbocycles. The van der Waals surface area contributed by atoms with Crippen molar-refractivity contribution in [2.24, 2.45) is 0 Å². The number of rotatable bonds is 6. The van der Waals surface area contributed by atoms with E-state index >= 15 is 0 Å². The van der Waals surface area contributed by atoms with Gasteiger partial charge in [-0.3, -0.25) is 4.68 Å². The van der Waals surface area contributed by atoms with Gasteiger partial charge in [-0.05, 0) is 45.9 Å². The Bertz CT molecular complexity index is 608. The molecule has 0 spiro atoms. The summed E-state index contributed by atoms with van der Waals surface area (Å²) in [6, 6.07) is 5.59. The van der Waals surface area contributed by atoms with Crippen LogP contribution in [0.3, 0.4) is 0 Å². The third kappa shape index (κ3) is 4.11. The summed E-state index contributed by atoms with van der Waals surface area (Å²) in [5.74, 6) is -1.05. The number of hydrogen-bond acceptors (Lipinski definition) is 2. The molecule has 1 unspecified atom stereocenters. The van der Waals surface area contributed by atoms with Crippen LogP contribution in [0.4, 0.5) is 8.78 Å². The molecule has 3 nitrogen and oxygen atoms in total. The molecule has 1 aromatic carbocycles. The van der Waals surface area contributed by atoms with Gasteiger partial charge in [0.25, 0.3) is 0 Å². The van der Waals surface area contributed by atoms with Crippen molar-refractivity contribution in [1.82, 2.24) is 15.1 Å². The van der Waals surface area contributed by atoms with Crippen molar-refractivity contribution in [3.63, 3.8) is 0 Å². The molecule has 5 heteroatoms. The van der Waals surface area contributed by atoms with Crippen LogP contribution in [0.2, 0.25) is 0 Å². The SMILES string of the molecule is Cc1cc(C)n(CCCNC(C)c2ccc(F)cc2F)n1. The van der Waals surface area contributed by atoms with Crippen LogP contribution < -0.4 is 5.32 Å². The summed E-state index contributed by atoms with van der Waals surface area (Å²) >= 11 is 0. The molecule has 2 rings (SSSR count). The van der Waals surface area contributed by atoms with Gasteiger partial charge in [-0.2, -0.15) is 5.10 Å². The fourth-order valence-electron chi connectivity index (χ4n) is 2.41. The topological polar surface area (TPSA) is 29.9 Å². The zero-order valence-corrected chi connectivity index (χ0v) is 12.7. The molecule has 0 radical (unpaired) electrons. The monoisotopic (exact) mass is 293 g/mol. The van der Waals surface area contributed by atoms with Gasteiger partial charge >= 0.3 is 0 Å². The molecule has 0 saturated carbocycles. The normalized spacial score (nSPS) is 12.6. The average Bonchev–Trinajstić information content (AvgIpc) is 2.73. The Morgan fingerprint density at radius 1 is 1.24 bits per heavy atom. The predicted octanol–water partition coefficient (Wildman–Crippen LogP) is 3.52. The Morgan fingerprint density at radius 2 is 2.00 bits per heavy atom. The van der Waals surface area contributed by atoms with E-state index in [1.165, 1.54) is 12.1 Å². The van der Waals surface area contributed by atoms with Crippen molar-refractivity contribution in [3.05, 3.63) is 52.9 Å². The second-order valence-electron chi connectivity index (χ2n) is 5.35. The minimum atomic E-state index is -0.548. The minimum absolute atomic E-state index is 0.147. The summed E-state index contributed by atoms with van der Waals surface area (Å²) < 4.78 is 28.5. The zero-order valence-electron chi connectivity index (χ0n) is 12.7. The van der Waals surface area contributed by atoms with E-state index in [0.717, 1.165) is 37.0 Å². The molecule has 0 fully saturated rings. The first kappa shape index (κ1) is 15.6. The van der Waals surface area contributed by atoms with Crippen LogP contribution >= 0.6 is 0 Å². The number of nitrogens with one attached hydrogen (secondary N) is 1. The minimum Gasteiger partial charge on any atom is -0.310 e. The van der Waals surface area contributed by atoms with Crippen LogP contribution in [-0.4, -0.2) is 16.3 Å². The van der Waals surface area contributed by atoms with E-state index in [0.29, 0.717) is 5.56 Å². The second-order valence-corrected chi connectivity index (χ2v) is 5.35. The molecular formula is C16H21F2N3. The summed E-state index contributed by atoms with van der Waals surface area (Å²) in [6.07, 6.45) is 0.898. The summed E-state index contributed by atoms with van der Waals surface area (Å²) in [6.45, 7) is 7.45. The van der Waals surface area contributed by atoms with Gasteiger partial charge in [0.1, 0.15) is 11.6 Å². The predicted molar refractivity (Wildman–Crippen MR) is 79.1 cm³/mol. The number of halogens is 2. The molecule has 0 aliphatic heterocycles. The number of aromatic nitrogens is 2. The van der Waals surface area contributed by atoms with Crippen molar-refractivity contribution in [3.8, 4) is 0 Å². The highest BCUT2D eigenvalue weighted by Gasteiger charge is 2.11. The molecule has 1 atom stereocenters. The van der Waals surface area contributed by atoms with Crippen LogP contribution in [-0.2, 0) is 6.54 Å². The van der Waals surface area contributed by atoms with E-state index in [1.54, 1.807) is 0 Å². The van der Waals surface area contributed by atoms with E-state index in [-0.39, 0.29) is 6.04 Å². The van der Waals surface area contributed by atoms with Gasteiger partial charge in [-0.15, -0.1) is 0 Å². The van der Waals surface area contributed by atoms with E-state index in [4.69, 9.17) is 0 Å². The third-order valence-corrected chi connectivity index (χ3v) is 3.53. The van der Waals surface area contributed by atoms with Gasteiger partial charge in [0, 0.05) is 29.9 Å². The Labute approximate surface area is 124 Å². The van der Waals surface area contributed by atoms with Crippen LogP contribution in [0.25, 0.3) is 0 Å². The van der Waals surface area contributed by atoms with Crippen molar-refractivity contribution in [1.29, 1.82) is 0 Å². The van der Waals surface area contributed by atoms with Crippen molar-refractivity contribution >= 4 is 0 Å². The number of benzene rings is 1. The lowest BCUT2D eigenvalue weighted by molar-refractivity contribution is 0.483. The first-order valence-corrected chi connectivity index (χ1v) is 7.17. The van der Waals surface area contributed by atoms with Crippen LogP contribution in [0.1, 0.15) is 36.3 Å². The quantitative estimate of drug-likeness (QED) is 0.826. The van der Waals surface area contributed by atoms with Gasteiger partial charge in [0.15, 0.2) is 0 Å². The van der Waals surface area contributed by atoms with Gasteiger partial charge in [0.2, 0.25) is 0 Å². The highest BCUT2D eigenvalue weighted by molar-refractivity contribution is 5.21. The Morgan fingerprint density at radius 3 is 2.62 bits per heavy atom. The maximum Gasteiger partial charge on any atom is 0.130 e. The standard InChI is InChI=1S/C16H21F2N3/c1-11-9-12(2)21(20-11)8-4-7-19-13(3)15-6-5-14(17)10-16(15)18/h5-6,9-10,13,19H,4,7-8H2,1-3H3. The molecule has 0 aliphatic rings. The molecule has 1 N–H and O–H groups in total. The summed E-state index contributed by atoms with van der Waals surface area (Å²) in [7, 11) is 0. The fourth-order valence-corrected chi connectivity index (χ4v) is 2.41. The van der Waals surface area contributed by atoms with Gasteiger partial charge in [-0.25, -0.2) is 8.78 Å². The largest absolute Gasteiger partial charge is 0.310 e. The first-order chi connectivity index (χ1) is 9.97. The lowest BCUT2D eigenvalue weighted by Crippen LogP contribution is -2.22. The van der Waals surface area contributed by atoms with Gasteiger partial charge in [0.05, 0.1) is 5.69 Å². The zero-order chi connectivity index (χ0) is 15.4. The average molecular weight is 293 g/mol. The van der Waals surface area contributed by atoms with Crippen LogP contribution in [0, 0.1) is 25.5 Å². The summed E-state index contributed by atoms with van der Waals surface area (Å²) in [4.78, 5) is 0. The van der Waals surface area contributed by atoms with Crippen LogP contribution in [0.5, 0.6) is 0 Å². The second kappa shape index (κ2) is 6.80. The lowest BCUT2D eigenvalue weighted by atomic mass is 10.1. The molecule has 21 heavy (non-hydrogen) atoms. The van der Waals surface area contributed by atoms with E-state index in [2.05, 4.69) is 10.4 Å². The molecule has 114 valence electrons. The highest BCUT2D eigenvalue weighted by Crippen LogP contribution is 2.17. The fraction of sp³-hybridized carbons (Fsp3) is 0.438. The molecule has 1 aromatic heterocycles. The van der Waals surface area contributed by atoms with Crippen LogP contribution in [0.15, 0.2) is 24.3 Å². The Hall–Kier alpha value is -1.75. The highest BCUT2D eigenvalue weighted by atomic mass is 19.1. The molecule has 1 heterocycles. The Balaban J connectivity index is 1.81. The summed E-state index contributed by atoms with van der Waals surface area (Å²) in [5.41, 5.74) is 2.65. The molecule has 0 bridgehead atoms. The molecule has 2 aromatic rings. The van der Waals surface area contributed by atoms with Gasteiger partial charge < -0.3 is 5.32 Å². The van der Waals surface area contributed by atoms with Gasteiger partial charge in [-0.1, -0.05) is 6.07 Å². The lowest BCUT2D eigenvalue weighted by Gasteiger charge is -2.15. The summed E-state index contributed by atoms with van der Waals surface area (Å²) in [5, 5.41) is 7.65. The number of aryl methyl sites for hydroxylation is 3. The third-order valence-electron chi connectivity index (χ3n) is 3.53. The number of nitrogens with zero attached hydrogens (tertiary/aromatic N) is 2.